The molecule has 0 saturated heterocycles. The summed E-state index contributed by atoms with van der Waals surface area (Å²) in [6.45, 7) is 2.46. The molecular formula is C9H15N3O. The zero-order chi connectivity index (χ0) is 9.31. The Balaban J connectivity index is 2.30. The van der Waals surface area contributed by atoms with Crippen LogP contribution >= 0.6 is 0 Å². The molecule has 0 atom stereocenters. The van der Waals surface area contributed by atoms with Crippen molar-refractivity contribution >= 4 is 0 Å². The predicted molar refractivity (Wildman–Crippen MR) is 48.2 cm³/mol. The van der Waals surface area contributed by atoms with Gasteiger partial charge in [-0.05, 0) is 19.8 Å². The Morgan fingerprint density at radius 1 is 1.46 bits per heavy atom. The van der Waals surface area contributed by atoms with Gasteiger partial charge in [0.25, 0.3) is 0 Å². The van der Waals surface area contributed by atoms with Crippen molar-refractivity contribution in [3.05, 3.63) is 11.7 Å². The van der Waals surface area contributed by atoms with E-state index in [-0.39, 0.29) is 5.41 Å². The minimum atomic E-state index is -0.0126. The molecule has 0 unspecified atom stereocenters. The van der Waals surface area contributed by atoms with Gasteiger partial charge in [0.05, 0.1) is 5.41 Å². The molecule has 2 rings (SSSR count). The number of aromatic nitrogens is 2. The quantitative estimate of drug-likeness (QED) is 0.743. The van der Waals surface area contributed by atoms with Gasteiger partial charge in [-0.2, -0.15) is 4.98 Å². The maximum Gasteiger partial charge on any atom is 0.234 e. The number of nitrogens with zero attached hydrogens (tertiary/aromatic N) is 2. The fourth-order valence-corrected chi connectivity index (χ4v) is 2.07. The van der Waals surface area contributed by atoms with Crippen LogP contribution in [0.5, 0.6) is 0 Å². The number of aryl methyl sites for hydroxylation is 1. The summed E-state index contributed by atoms with van der Waals surface area (Å²) in [6, 6.07) is 0. The fourth-order valence-electron chi connectivity index (χ4n) is 2.07. The van der Waals surface area contributed by atoms with E-state index in [9.17, 15) is 0 Å². The average Bonchev–Trinajstić information content (AvgIpc) is 2.73. The van der Waals surface area contributed by atoms with Gasteiger partial charge in [0.1, 0.15) is 0 Å². The van der Waals surface area contributed by atoms with E-state index in [1.54, 1.807) is 0 Å². The zero-order valence-corrected chi connectivity index (χ0v) is 7.92. The van der Waals surface area contributed by atoms with Crippen molar-refractivity contribution in [2.75, 3.05) is 6.54 Å². The third kappa shape index (κ3) is 1.35. The van der Waals surface area contributed by atoms with Crippen molar-refractivity contribution in [2.24, 2.45) is 5.73 Å². The first-order valence-corrected chi connectivity index (χ1v) is 4.78. The normalized spacial score (nSPS) is 20.8. The number of hydrogen-bond acceptors (Lipinski definition) is 4. The van der Waals surface area contributed by atoms with Crippen LogP contribution in [0, 0.1) is 6.92 Å². The molecule has 4 nitrogen and oxygen atoms in total. The lowest BCUT2D eigenvalue weighted by molar-refractivity contribution is 0.283. The van der Waals surface area contributed by atoms with Gasteiger partial charge in [-0.1, -0.05) is 18.0 Å². The van der Waals surface area contributed by atoms with E-state index in [4.69, 9.17) is 10.3 Å². The lowest BCUT2D eigenvalue weighted by Crippen LogP contribution is -2.32. The molecule has 2 N–H and O–H groups in total. The lowest BCUT2D eigenvalue weighted by Gasteiger charge is -2.21. The summed E-state index contributed by atoms with van der Waals surface area (Å²) in [7, 11) is 0. The molecule has 1 aromatic heterocycles. The van der Waals surface area contributed by atoms with Crippen LogP contribution in [0.4, 0.5) is 0 Å². The van der Waals surface area contributed by atoms with Crippen LogP contribution in [0.1, 0.15) is 37.4 Å². The van der Waals surface area contributed by atoms with Crippen molar-refractivity contribution in [3.8, 4) is 0 Å². The van der Waals surface area contributed by atoms with E-state index in [1.165, 1.54) is 12.8 Å². The Bertz CT molecular complexity index is 289. The molecule has 4 heteroatoms. The summed E-state index contributed by atoms with van der Waals surface area (Å²) in [4.78, 5) is 4.28. The third-order valence-electron chi connectivity index (χ3n) is 2.93. The Kier molecular flexibility index (Phi) is 2.07. The molecule has 1 aliphatic rings. The van der Waals surface area contributed by atoms with Gasteiger partial charge in [0.15, 0.2) is 5.82 Å². The number of hydrogen-bond donors (Lipinski definition) is 1. The highest BCUT2D eigenvalue weighted by Gasteiger charge is 2.39. The molecule has 1 saturated carbocycles. The van der Waals surface area contributed by atoms with Gasteiger partial charge in [-0.15, -0.1) is 0 Å². The van der Waals surface area contributed by atoms with Crippen LogP contribution in [0.25, 0.3) is 0 Å². The first-order valence-electron chi connectivity index (χ1n) is 4.78. The van der Waals surface area contributed by atoms with E-state index in [2.05, 4.69) is 10.1 Å². The van der Waals surface area contributed by atoms with E-state index in [0.29, 0.717) is 12.4 Å². The topological polar surface area (TPSA) is 64.9 Å². The molecule has 0 bridgehead atoms. The number of rotatable bonds is 2. The molecular weight excluding hydrogens is 166 g/mol. The third-order valence-corrected chi connectivity index (χ3v) is 2.93. The van der Waals surface area contributed by atoms with E-state index in [1.807, 2.05) is 6.92 Å². The molecule has 0 aromatic carbocycles. The van der Waals surface area contributed by atoms with Gasteiger partial charge >= 0.3 is 0 Å². The van der Waals surface area contributed by atoms with Crippen LogP contribution in [0.3, 0.4) is 0 Å². The van der Waals surface area contributed by atoms with Crippen molar-refractivity contribution in [3.63, 3.8) is 0 Å². The van der Waals surface area contributed by atoms with Crippen LogP contribution in [-0.2, 0) is 5.41 Å². The lowest BCUT2D eigenvalue weighted by atomic mass is 9.86. The first-order chi connectivity index (χ1) is 6.27. The maximum absolute atomic E-state index is 5.78. The number of nitrogens with two attached hydrogens (primary N) is 1. The van der Waals surface area contributed by atoms with Crippen molar-refractivity contribution in [1.82, 2.24) is 10.1 Å². The molecule has 72 valence electrons. The summed E-state index contributed by atoms with van der Waals surface area (Å²) in [5, 5.41) is 3.81. The molecule has 0 amide bonds. The summed E-state index contributed by atoms with van der Waals surface area (Å²) >= 11 is 0. The molecule has 0 radical (unpaired) electrons. The smallest absolute Gasteiger partial charge is 0.234 e. The van der Waals surface area contributed by atoms with Crippen molar-refractivity contribution < 1.29 is 4.52 Å². The van der Waals surface area contributed by atoms with E-state index < -0.39 is 0 Å². The van der Waals surface area contributed by atoms with Gasteiger partial charge in [0, 0.05) is 6.54 Å². The highest BCUT2D eigenvalue weighted by atomic mass is 16.5. The largest absolute Gasteiger partial charge is 0.339 e. The minimum Gasteiger partial charge on any atom is -0.339 e. The molecule has 0 aliphatic heterocycles. The molecule has 1 aromatic rings. The molecule has 0 spiro atoms. The standard InChI is InChI=1S/C9H15N3O/c1-7-11-8(13-12-7)9(6-10)4-2-3-5-9/h2-6,10H2,1H3. The fraction of sp³-hybridized carbons (Fsp3) is 0.778. The van der Waals surface area contributed by atoms with Crippen LogP contribution < -0.4 is 5.73 Å². The van der Waals surface area contributed by atoms with Gasteiger partial charge in [-0.3, -0.25) is 0 Å². The summed E-state index contributed by atoms with van der Waals surface area (Å²) in [5.41, 5.74) is 5.77. The first kappa shape index (κ1) is 8.69. The maximum atomic E-state index is 5.78. The summed E-state index contributed by atoms with van der Waals surface area (Å²) < 4.78 is 5.20. The minimum absolute atomic E-state index is 0.0126. The highest BCUT2D eigenvalue weighted by molar-refractivity contribution is 5.08. The summed E-state index contributed by atoms with van der Waals surface area (Å²) in [6.07, 6.45) is 4.62. The monoisotopic (exact) mass is 181 g/mol. The zero-order valence-electron chi connectivity index (χ0n) is 7.92. The second-order valence-corrected chi connectivity index (χ2v) is 3.84. The Hall–Kier alpha value is -0.900. The predicted octanol–water partition coefficient (Wildman–Crippen LogP) is 1.15. The average molecular weight is 181 g/mol. The Morgan fingerprint density at radius 3 is 2.62 bits per heavy atom. The van der Waals surface area contributed by atoms with Gasteiger partial charge in [0.2, 0.25) is 5.89 Å². The van der Waals surface area contributed by atoms with E-state index >= 15 is 0 Å². The molecule has 1 heterocycles. The van der Waals surface area contributed by atoms with Crippen LogP contribution in [-0.4, -0.2) is 16.7 Å². The van der Waals surface area contributed by atoms with Gasteiger partial charge in [-0.25, -0.2) is 0 Å². The Morgan fingerprint density at radius 2 is 2.15 bits per heavy atom. The van der Waals surface area contributed by atoms with Gasteiger partial charge < -0.3 is 10.3 Å². The van der Waals surface area contributed by atoms with Crippen LogP contribution in [0.15, 0.2) is 4.52 Å². The van der Waals surface area contributed by atoms with Crippen molar-refractivity contribution in [2.45, 2.75) is 38.0 Å². The SMILES string of the molecule is Cc1noc(C2(CN)CCCC2)n1. The highest BCUT2D eigenvalue weighted by Crippen LogP contribution is 2.39. The second kappa shape index (κ2) is 3.10. The summed E-state index contributed by atoms with van der Waals surface area (Å²) in [5.74, 6) is 1.44. The molecule has 1 fully saturated rings. The van der Waals surface area contributed by atoms with Crippen molar-refractivity contribution in [1.29, 1.82) is 0 Å². The van der Waals surface area contributed by atoms with E-state index in [0.717, 1.165) is 18.7 Å². The Labute approximate surface area is 77.5 Å². The second-order valence-electron chi connectivity index (χ2n) is 3.84. The molecule has 1 aliphatic carbocycles. The van der Waals surface area contributed by atoms with Crippen LogP contribution in [0.2, 0.25) is 0 Å². The molecule has 13 heavy (non-hydrogen) atoms.